The Kier molecular flexibility index (Phi) is 7.60. The Bertz CT molecular complexity index is 741. The molecule has 0 radical (unpaired) electrons. The molecule has 4 nitrogen and oxygen atoms in total. The third kappa shape index (κ3) is 6.15. The van der Waals surface area contributed by atoms with Crippen LogP contribution < -0.4 is 10.6 Å². The second kappa shape index (κ2) is 9.92. The maximum atomic E-state index is 13.4. The molecule has 5 heteroatoms. The molecule has 2 rings (SSSR count). The highest BCUT2D eigenvalue weighted by atomic mass is 19.1. The van der Waals surface area contributed by atoms with Crippen LogP contribution in [0, 0.1) is 12.7 Å². The molecule has 0 aliphatic carbocycles. The first-order valence-electron chi connectivity index (χ1n) is 8.98. The number of guanidine groups is 1. The Morgan fingerprint density at radius 1 is 1.08 bits per heavy atom. The van der Waals surface area contributed by atoms with E-state index in [4.69, 9.17) is 0 Å². The zero-order valence-electron chi connectivity index (χ0n) is 16.1. The Labute approximate surface area is 156 Å². The Morgan fingerprint density at radius 2 is 1.81 bits per heavy atom. The molecule has 0 aromatic heterocycles. The van der Waals surface area contributed by atoms with E-state index in [1.54, 1.807) is 13.0 Å². The maximum Gasteiger partial charge on any atom is 0.191 e. The van der Waals surface area contributed by atoms with E-state index < -0.39 is 0 Å². The minimum Gasteiger partial charge on any atom is -0.357 e. The monoisotopic (exact) mass is 356 g/mol. The summed E-state index contributed by atoms with van der Waals surface area (Å²) in [6, 6.07) is 13.5. The molecule has 0 saturated heterocycles. The Morgan fingerprint density at radius 3 is 2.46 bits per heavy atom. The minimum absolute atomic E-state index is 0.180. The zero-order valence-corrected chi connectivity index (χ0v) is 16.1. The molecule has 2 N–H and O–H groups in total. The fourth-order valence-electron chi connectivity index (χ4n) is 2.72. The van der Waals surface area contributed by atoms with E-state index in [2.05, 4.69) is 58.9 Å². The summed E-state index contributed by atoms with van der Waals surface area (Å²) in [5.41, 5.74) is 4.20. The lowest BCUT2D eigenvalue weighted by atomic mass is 10.1. The molecule has 0 amide bonds. The van der Waals surface area contributed by atoms with Gasteiger partial charge in [0.15, 0.2) is 5.96 Å². The average molecular weight is 356 g/mol. The number of nitrogens with zero attached hydrogens (tertiary/aromatic N) is 2. The van der Waals surface area contributed by atoms with E-state index in [1.165, 1.54) is 17.2 Å². The first kappa shape index (κ1) is 19.9. The van der Waals surface area contributed by atoms with Crippen LogP contribution in [0.2, 0.25) is 0 Å². The van der Waals surface area contributed by atoms with E-state index in [9.17, 15) is 4.39 Å². The van der Waals surface area contributed by atoms with Crippen molar-refractivity contribution < 1.29 is 4.39 Å². The van der Waals surface area contributed by atoms with Crippen LogP contribution in [0.3, 0.4) is 0 Å². The van der Waals surface area contributed by atoms with Crippen LogP contribution in [0.1, 0.15) is 29.2 Å². The predicted octanol–water partition coefficient (Wildman–Crippen LogP) is 3.45. The zero-order chi connectivity index (χ0) is 18.9. The van der Waals surface area contributed by atoms with E-state index in [1.807, 2.05) is 13.0 Å². The second-order valence-corrected chi connectivity index (χ2v) is 6.64. The topological polar surface area (TPSA) is 39.7 Å². The van der Waals surface area contributed by atoms with Gasteiger partial charge in [-0.25, -0.2) is 9.38 Å². The predicted molar refractivity (Wildman–Crippen MR) is 107 cm³/mol. The van der Waals surface area contributed by atoms with Crippen LogP contribution >= 0.6 is 0 Å². The molecule has 26 heavy (non-hydrogen) atoms. The van der Waals surface area contributed by atoms with Gasteiger partial charge in [0.05, 0.1) is 6.54 Å². The second-order valence-electron chi connectivity index (χ2n) is 6.64. The van der Waals surface area contributed by atoms with Crippen molar-refractivity contribution in [2.45, 2.75) is 33.5 Å². The molecule has 0 heterocycles. The molecule has 2 aromatic carbocycles. The van der Waals surface area contributed by atoms with Gasteiger partial charge in [-0.1, -0.05) is 36.4 Å². The molecule has 140 valence electrons. The van der Waals surface area contributed by atoms with Crippen LogP contribution in [0.4, 0.5) is 4.39 Å². The van der Waals surface area contributed by atoms with Gasteiger partial charge in [-0.2, -0.15) is 0 Å². The van der Waals surface area contributed by atoms with Crippen molar-refractivity contribution >= 4 is 5.96 Å². The van der Waals surface area contributed by atoms with Gasteiger partial charge in [0.2, 0.25) is 0 Å². The molecule has 2 aromatic rings. The largest absolute Gasteiger partial charge is 0.357 e. The standard InChI is InChI=1S/C21H29FN4/c1-5-23-21(24-13-17-10-11-20(22)16(2)12-17)25-14-18-8-6-7-9-19(18)15-26(3)4/h6-12H,5,13-15H2,1-4H3,(H2,23,24,25). The van der Waals surface area contributed by atoms with Crippen molar-refractivity contribution in [3.8, 4) is 0 Å². The van der Waals surface area contributed by atoms with Crippen LogP contribution in [0.15, 0.2) is 47.5 Å². The van der Waals surface area contributed by atoms with Crippen molar-refractivity contribution in [2.24, 2.45) is 4.99 Å². The summed E-state index contributed by atoms with van der Waals surface area (Å²) in [6.07, 6.45) is 0. The first-order valence-corrected chi connectivity index (χ1v) is 8.98. The van der Waals surface area contributed by atoms with Gasteiger partial charge in [0.1, 0.15) is 5.82 Å². The molecule has 0 bridgehead atoms. The van der Waals surface area contributed by atoms with Crippen molar-refractivity contribution in [3.05, 3.63) is 70.5 Å². The summed E-state index contributed by atoms with van der Waals surface area (Å²) in [5.74, 6) is 0.578. The number of rotatable bonds is 7. The third-order valence-electron chi connectivity index (χ3n) is 4.04. The van der Waals surface area contributed by atoms with Crippen molar-refractivity contribution in [1.29, 1.82) is 0 Å². The molecule has 0 aliphatic rings. The summed E-state index contributed by atoms with van der Waals surface area (Å²) >= 11 is 0. The van der Waals surface area contributed by atoms with Gasteiger partial charge in [0, 0.05) is 19.6 Å². The molecule has 0 unspecified atom stereocenters. The number of nitrogens with one attached hydrogen (secondary N) is 2. The number of hydrogen-bond acceptors (Lipinski definition) is 2. The summed E-state index contributed by atoms with van der Waals surface area (Å²) in [4.78, 5) is 6.78. The van der Waals surface area contributed by atoms with Crippen LogP contribution in [0.25, 0.3) is 0 Å². The lowest BCUT2D eigenvalue weighted by Gasteiger charge is -2.16. The number of hydrogen-bond donors (Lipinski definition) is 2. The Hall–Kier alpha value is -2.40. The summed E-state index contributed by atoms with van der Waals surface area (Å²) in [7, 11) is 4.14. The normalized spacial score (nSPS) is 11.7. The molecule has 0 aliphatic heterocycles. The van der Waals surface area contributed by atoms with E-state index in [0.717, 1.165) is 24.6 Å². The first-order chi connectivity index (χ1) is 12.5. The van der Waals surface area contributed by atoms with E-state index in [0.29, 0.717) is 18.7 Å². The molecular weight excluding hydrogens is 327 g/mol. The quantitative estimate of drug-likeness (QED) is 0.590. The lowest BCUT2D eigenvalue weighted by molar-refractivity contribution is 0.400. The van der Waals surface area contributed by atoms with Gasteiger partial charge in [0.25, 0.3) is 0 Å². The summed E-state index contributed by atoms with van der Waals surface area (Å²) < 4.78 is 13.4. The molecule has 0 atom stereocenters. The summed E-state index contributed by atoms with van der Waals surface area (Å²) in [6.45, 7) is 6.72. The smallest absolute Gasteiger partial charge is 0.191 e. The fourth-order valence-corrected chi connectivity index (χ4v) is 2.72. The summed E-state index contributed by atoms with van der Waals surface area (Å²) in [5, 5.41) is 6.66. The number of aliphatic imine (C=N–C) groups is 1. The molecule has 0 saturated carbocycles. The molecule has 0 spiro atoms. The lowest BCUT2D eigenvalue weighted by Crippen LogP contribution is -2.37. The number of benzene rings is 2. The van der Waals surface area contributed by atoms with Gasteiger partial charge in [-0.3, -0.25) is 0 Å². The Balaban J connectivity index is 2.05. The van der Waals surface area contributed by atoms with E-state index >= 15 is 0 Å². The SMILES string of the molecule is CCNC(=NCc1ccc(F)c(C)c1)NCc1ccccc1CN(C)C. The van der Waals surface area contributed by atoms with Crippen molar-refractivity contribution in [2.75, 3.05) is 20.6 Å². The highest BCUT2D eigenvalue weighted by Gasteiger charge is 2.05. The van der Waals surface area contributed by atoms with E-state index in [-0.39, 0.29) is 5.82 Å². The highest BCUT2D eigenvalue weighted by molar-refractivity contribution is 5.79. The third-order valence-corrected chi connectivity index (χ3v) is 4.04. The maximum absolute atomic E-state index is 13.4. The van der Waals surface area contributed by atoms with Crippen molar-refractivity contribution in [3.63, 3.8) is 0 Å². The van der Waals surface area contributed by atoms with Gasteiger partial charge >= 0.3 is 0 Å². The van der Waals surface area contributed by atoms with Gasteiger partial charge in [-0.15, -0.1) is 0 Å². The van der Waals surface area contributed by atoms with Crippen molar-refractivity contribution in [1.82, 2.24) is 15.5 Å². The minimum atomic E-state index is -0.180. The van der Waals surface area contributed by atoms with Gasteiger partial charge < -0.3 is 15.5 Å². The van der Waals surface area contributed by atoms with Crippen LogP contribution in [-0.2, 0) is 19.6 Å². The average Bonchev–Trinajstić information content (AvgIpc) is 2.61. The van der Waals surface area contributed by atoms with Crippen LogP contribution in [-0.4, -0.2) is 31.5 Å². The fraction of sp³-hybridized carbons (Fsp3) is 0.381. The van der Waals surface area contributed by atoms with Gasteiger partial charge in [-0.05, 0) is 56.3 Å². The molecular formula is C21H29FN4. The number of halogens is 1. The highest BCUT2D eigenvalue weighted by Crippen LogP contribution is 2.11. The number of aryl methyl sites for hydroxylation is 1. The molecule has 0 fully saturated rings. The van der Waals surface area contributed by atoms with Crippen LogP contribution in [0.5, 0.6) is 0 Å².